The van der Waals surface area contributed by atoms with Gasteiger partial charge in [-0.25, -0.2) is 0 Å². The predicted octanol–water partition coefficient (Wildman–Crippen LogP) is 2.71. The fraction of sp³-hybridized carbons (Fsp3) is 0.364. The lowest BCUT2D eigenvalue weighted by Gasteiger charge is -2.22. The molecular weight excluding hydrogens is 216 g/mol. The van der Waals surface area contributed by atoms with Crippen LogP contribution >= 0.6 is 11.6 Å². The van der Waals surface area contributed by atoms with E-state index in [0.29, 0.717) is 16.3 Å². The van der Waals surface area contributed by atoms with Crippen LogP contribution in [-0.2, 0) is 10.2 Å². The van der Waals surface area contributed by atoms with E-state index in [1.54, 1.807) is 32.0 Å². The first-order chi connectivity index (χ1) is 6.89. The number of benzene rings is 1. The Balaban J connectivity index is 3.34. The maximum atomic E-state index is 11.1. The van der Waals surface area contributed by atoms with Crippen LogP contribution in [-0.4, -0.2) is 18.2 Å². The molecule has 0 aliphatic rings. The minimum absolute atomic E-state index is 0.500. The quantitative estimate of drug-likeness (QED) is 0.865. The standard InChI is InChI=1S/C11H13ClO3/c1-11(2,10(13)14)8-6-7(12)4-5-9(8)15-3/h4-6H,1-3H3,(H,13,14). The van der Waals surface area contributed by atoms with Gasteiger partial charge in [0.2, 0.25) is 0 Å². The van der Waals surface area contributed by atoms with Crippen molar-refractivity contribution in [1.82, 2.24) is 0 Å². The Hall–Kier alpha value is -1.22. The second-order valence-corrected chi connectivity index (χ2v) is 4.21. The van der Waals surface area contributed by atoms with Crippen LogP contribution in [0.1, 0.15) is 19.4 Å². The molecular formula is C11H13ClO3. The maximum absolute atomic E-state index is 11.1. The second-order valence-electron chi connectivity index (χ2n) is 3.77. The molecule has 15 heavy (non-hydrogen) atoms. The van der Waals surface area contributed by atoms with E-state index in [4.69, 9.17) is 21.4 Å². The number of carboxylic acid groups (broad SMARTS) is 1. The van der Waals surface area contributed by atoms with Crippen molar-refractivity contribution in [2.24, 2.45) is 0 Å². The molecule has 1 rings (SSSR count). The van der Waals surface area contributed by atoms with Gasteiger partial charge in [-0.15, -0.1) is 0 Å². The maximum Gasteiger partial charge on any atom is 0.313 e. The molecule has 0 atom stereocenters. The van der Waals surface area contributed by atoms with Crippen LogP contribution in [0.25, 0.3) is 0 Å². The molecule has 0 heterocycles. The monoisotopic (exact) mass is 228 g/mol. The number of carboxylic acids is 1. The first kappa shape index (κ1) is 11.9. The van der Waals surface area contributed by atoms with Crippen LogP contribution in [0.4, 0.5) is 0 Å². The average molecular weight is 229 g/mol. The Morgan fingerprint density at radius 2 is 2.07 bits per heavy atom. The first-order valence-electron chi connectivity index (χ1n) is 4.47. The summed E-state index contributed by atoms with van der Waals surface area (Å²) < 4.78 is 5.11. The summed E-state index contributed by atoms with van der Waals surface area (Å²) in [5.41, 5.74) is -0.444. The lowest BCUT2D eigenvalue weighted by atomic mass is 9.84. The topological polar surface area (TPSA) is 46.5 Å². The summed E-state index contributed by atoms with van der Waals surface area (Å²) in [7, 11) is 1.50. The highest BCUT2D eigenvalue weighted by molar-refractivity contribution is 6.30. The number of methoxy groups -OCH3 is 1. The molecule has 1 aromatic rings. The van der Waals surface area contributed by atoms with Crippen LogP contribution in [0.3, 0.4) is 0 Å². The van der Waals surface area contributed by atoms with Gasteiger partial charge in [-0.2, -0.15) is 0 Å². The summed E-state index contributed by atoms with van der Waals surface area (Å²) in [6.07, 6.45) is 0. The summed E-state index contributed by atoms with van der Waals surface area (Å²) in [5.74, 6) is -0.380. The molecule has 82 valence electrons. The Morgan fingerprint density at radius 3 is 2.53 bits per heavy atom. The molecule has 0 radical (unpaired) electrons. The number of aliphatic carboxylic acids is 1. The molecule has 0 amide bonds. The number of halogens is 1. The molecule has 0 saturated carbocycles. The van der Waals surface area contributed by atoms with Gasteiger partial charge < -0.3 is 9.84 Å². The van der Waals surface area contributed by atoms with E-state index < -0.39 is 11.4 Å². The number of carbonyl (C=O) groups is 1. The van der Waals surface area contributed by atoms with Crippen molar-refractivity contribution in [3.05, 3.63) is 28.8 Å². The second kappa shape index (κ2) is 4.11. The molecule has 0 aliphatic carbocycles. The number of rotatable bonds is 3. The molecule has 0 unspecified atom stereocenters. The van der Waals surface area contributed by atoms with Gasteiger partial charge >= 0.3 is 5.97 Å². The average Bonchev–Trinajstić information content (AvgIpc) is 2.17. The smallest absolute Gasteiger partial charge is 0.313 e. The SMILES string of the molecule is COc1ccc(Cl)cc1C(C)(C)C(=O)O. The van der Waals surface area contributed by atoms with Gasteiger partial charge in [-0.1, -0.05) is 11.6 Å². The number of ether oxygens (including phenoxy) is 1. The van der Waals surface area contributed by atoms with Gasteiger partial charge in [0, 0.05) is 10.6 Å². The van der Waals surface area contributed by atoms with Crippen molar-refractivity contribution in [1.29, 1.82) is 0 Å². The molecule has 0 aliphatic heterocycles. The minimum atomic E-state index is -1.02. The van der Waals surface area contributed by atoms with E-state index in [1.807, 2.05) is 0 Å². The normalized spacial score (nSPS) is 11.2. The molecule has 0 spiro atoms. The lowest BCUT2D eigenvalue weighted by molar-refractivity contribution is -0.142. The molecule has 0 aromatic heterocycles. The summed E-state index contributed by atoms with van der Waals surface area (Å²) in [6.45, 7) is 3.23. The highest BCUT2D eigenvalue weighted by Gasteiger charge is 2.32. The van der Waals surface area contributed by atoms with Crippen LogP contribution < -0.4 is 4.74 Å². The Morgan fingerprint density at radius 1 is 1.47 bits per heavy atom. The molecule has 0 fully saturated rings. The zero-order chi connectivity index (χ0) is 11.6. The van der Waals surface area contributed by atoms with E-state index in [0.717, 1.165) is 0 Å². The van der Waals surface area contributed by atoms with Crippen molar-refractivity contribution >= 4 is 17.6 Å². The summed E-state index contributed by atoms with van der Waals surface area (Å²) in [6, 6.07) is 4.96. The van der Waals surface area contributed by atoms with Gasteiger partial charge in [0.05, 0.1) is 12.5 Å². The van der Waals surface area contributed by atoms with E-state index in [-0.39, 0.29) is 0 Å². The van der Waals surface area contributed by atoms with Crippen LogP contribution in [0, 0.1) is 0 Å². The zero-order valence-electron chi connectivity index (χ0n) is 8.87. The third-order valence-corrected chi connectivity index (χ3v) is 2.60. The third kappa shape index (κ3) is 2.23. The Kier molecular flexibility index (Phi) is 3.25. The number of hydrogen-bond donors (Lipinski definition) is 1. The van der Waals surface area contributed by atoms with Gasteiger partial charge in [0.15, 0.2) is 0 Å². The van der Waals surface area contributed by atoms with E-state index in [2.05, 4.69) is 0 Å². The van der Waals surface area contributed by atoms with Crippen molar-refractivity contribution < 1.29 is 14.6 Å². The highest BCUT2D eigenvalue weighted by Crippen LogP contribution is 2.33. The fourth-order valence-electron chi connectivity index (χ4n) is 1.28. The molecule has 3 nitrogen and oxygen atoms in total. The van der Waals surface area contributed by atoms with E-state index >= 15 is 0 Å². The van der Waals surface area contributed by atoms with E-state index in [9.17, 15) is 4.79 Å². The van der Waals surface area contributed by atoms with Gasteiger partial charge in [0.25, 0.3) is 0 Å². The number of hydrogen-bond acceptors (Lipinski definition) is 2. The molecule has 1 N–H and O–H groups in total. The molecule has 0 bridgehead atoms. The summed E-state index contributed by atoms with van der Waals surface area (Å²) in [5, 5.41) is 9.61. The van der Waals surface area contributed by atoms with Gasteiger partial charge in [-0.3, -0.25) is 4.79 Å². The highest BCUT2D eigenvalue weighted by atomic mass is 35.5. The van der Waals surface area contributed by atoms with Crippen LogP contribution in [0.2, 0.25) is 5.02 Å². The summed E-state index contributed by atoms with van der Waals surface area (Å²) >= 11 is 5.84. The van der Waals surface area contributed by atoms with Crippen molar-refractivity contribution in [3.8, 4) is 5.75 Å². The molecule has 1 aromatic carbocycles. The van der Waals surface area contributed by atoms with Gasteiger partial charge in [-0.05, 0) is 32.0 Å². The lowest BCUT2D eigenvalue weighted by Crippen LogP contribution is -2.29. The zero-order valence-corrected chi connectivity index (χ0v) is 9.63. The molecule has 4 heteroatoms. The molecule has 0 saturated heterocycles. The van der Waals surface area contributed by atoms with Crippen molar-refractivity contribution in [3.63, 3.8) is 0 Å². The van der Waals surface area contributed by atoms with Crippen LogP contribution in [0.5, 0.6) is 5.75 Å². The first-order valence-corrected chi connectivity index (χ1v) is 4.85. The fourth-order valence-corrected chi connectivity index (χ4v) is 1.46. The van der Waals surface area contributed by atoms with E-state index in [1.165, 1.54) is 7.11 Å². The predicted molar refractivity (Wildman–Crippen MR) is 58.7 cm³/mol. The van der Waals surface area contributed by atoms with Crippen molar-refractivity contribution in [2.45, 2.75) is 19.3 Å². The summed E-state index contributed by atoms with van der Waals surface area (Å²) in [4.78, 5) is 11.1. The third-order valence-electron chi connectivity index (χ3n) is 2.37. The Labute approximate surface area is 93.6 Å². The minimum Gasteiger partial charge on any atom is -0.496 e. The van der Waals surface area contributed by atoms with Crippen molar-refractivity contribution in [2.75, 3.05) is 7.11 Å². The Bertz CT molecular complexity index is 385. The largest absolute Gasteiger partial charge is 0.496 e. The van der Waals surface area contributed by atoms with Crippen LogP contribution in [0.15, 0.2) is 18.2 Å². The van der Waals surface area contributed by atoms with Gasteiger partial charge in [0.1, 0.15) is 5.75 Å².